The Kier molecular flexibility index (Phi) is 9.00. The van der Waals surface area contributed by atoms with Crippen LogP contribution >= 0.6 is 0 Å². The Labute approximate surface area is 170 Å². The summed E-state index contributed by atoms with van der Waals surface area (Å²) in [5.41, 5.74) is -0.509. The van der Waals surface area contributed by atoms with E-state index >= 15 is 0 Å². The molecule has 2 fully saturated rings. The van der Waals surface area contributed by atoms with Gasteiger partial charge in [0.25, 0.3) is 0 Å². The lowest BCUT2D eigenvalue weighted by Gasteiger charge is -2.47. The summed E-state index contributed by atoms with van der Waals surface area (Å²) in [4.78, 5) is 27.2. The molecule has 5 heteroatoms. The Morgan fingerprint density at radius 2 is 1.61 bits per heavy atom. The van der Waals surface area contributed by atoms with Crippen molar-refractivity contribution in [3.8, 4) is 0 Å². The second-order valence-corrected chi connectivity index (χ2v) is 9.32. The van der Waals surface area contributed by atoms with Crippen molar-refractivity contribution in [3.63, 3.8) is 0 Å². The van der Waals surface area contributed by atoms with E-state index in [9.17, 15) is 9.59 Å². The van der Waals surface area contributed by atoms with Gasteiger partial charge in [-0.1, -0.05) is 31.8 Å². The van der Waals surface area contributed by atoms with Crippen molar-refractivity contribution in [1.82, 2.24) is 4.90 Å². The van der Waals surface area contributed by atoms with Gasteiger partial charge in [0.15, 0.2) is 0 Å². The molecule has 2 saturated heterocycles. The number of Topliss-reactive ketones (excluding diaryl/α,β-unsaturated/α-hetero) is 1. The monoisotopic (exact) mass is 393 g/mol. The number of carbonyl (C=O) groups excluding carboxylic acids is 2. The SMILES string of the molecule is C=CCCCCCCCCC(=O)C1CC2COCC(C1)N2C(=O)OC(C)(C)C. The van der Waals surface area contributed by atoms with Gasteiger partial charge in [-0.25, -0.2) is 4.79 Å². The van der Waals surface area contributed by atoms with Crippen LogP contribution in [0.15, 0.2) is 12.7 Å². The van der Waals surface area contributed by atoms with Crippen molar-refractivity contribution in [3.05, 3.63) is 12.7 Å². The van der Waals surface area contributed by atoms with Crippen molar-refractivity contribution in [2.45, 2.75) is 103 Å². The molecule has 0 saturated carbocycles. The quantitative estimate of drug-likeness (QED) is 0.374. The fourth-order valence-corrected chi connectivity index (χ4v) is 4.29. The maximum absolute atomic E-state index is 12.7. The van der Waals surface area contributed by atoms with Crippen molar-refractivity contribution in [2.75, 3.05) is 13.2 Å². The van der Waals surface area contributed by atoms with Crippen LogP contribution < -0.4 is 0 Å². The maximum Gasteiger partial charge on any atom is 0.410 e. The van der Waals surface area contributed by atoms with Crippen LogP contribution in [0.5, 0.6) is 0 Å². The third-order valence-electron chi connectivity index (χ3n) is 5.66. The predicted octanol–water partition coefficient (Wildman–Crippen LogP) is 5.28. The number of hydrogen-bond acceptors (Lipinski definition) is 4. The van der Waals surface area contributed by atoms with E-state index in [0.717, 1.165) is 19.3 Å². The van der Waals surface area contributed by atoms with E-state index in [4.69, 9.17) is 9.47 Å². The number of morpholine rings is 1. The minimum atomic E-state index is -0.509. The summed E-state index contributed by atoms with van der Waals surface area (Å²) in [6.45, 7) is 10.4. The average molecular weight is 394 g/mol. The third kappa shape index (κ3) is 7.23. The molecule has 2 aliphatic rings. The number of amides is 1. The molecule has 5 nitrogen and oxygen atoms in total. The van der Waals surface area contributed by atoms with Crippen molar-refractivity contribution >= 4 is 11.9 Å². The van der Waals surface area contributed by atoms with E-state index in [1.807, 2.05) is 31.7 Å². The number of unbranched alkanes of at least 4 members (excludes halogenated alkanes) is 6. The average Bonchev–Trinajstić information content (AvgIpc) is 2.61. The lowest BCUT2D eigenvalue weighted by Crippen LogP contribution is -2.60. The van der Waals surface area contributed by atoms with E-state index in [-0.39, 0.29) is 24.1 Å². The van der Waals surface area contributed by atoms with Crippen LogP contribution in [0, 0.1) is 5.92 Å². The minimum Gasteiger partial charge on any atom is -0.444 e. The van der Waals surface area contributed by atoms with Crippen LogP contribution in [-0.4, -0.2) is 47.7 Å². The molecule has 0 aromatic rings. The highest BCUT2D eigenvalue weighted by Crippen LogP contribution is 2.34. The molecule has 2 aliphatic heterocycles. The first-order chi connectivity index (χ1) is 13.3. The zero-order valence-corrected chi connectivity index (χ0v) is 18.1. The molecule has 28 heavy (non-hydrogen) atoms. The van der Waals surface area contributed by atoms with Crippen LogP contribution in [0.4, 0.5) is 4.79 Å². The molecular weight excluding hydrogens is 354 g/mol. The number of nitrogens with zero attached hydrogens (tertiary/aromatic N) is 1. The zero-order valence-electron chi connectivity index (χ0n) is 18.1. The number of piperidine rings is 1. The molecule has 160 valence electrons. The summed E-state index contributed by atoms with van der Waals surface area (Å²) in [6.07, 6.45) is 11.9. The molecular formula is C23H39NO4. The number of fused-ring (bicyclic) bond motifs is 2. The number of ketones is 1. The lowest BCUT2D eigenvalue weighted by atomic mass is 9.81. The first kappa shape index (κ1) is 22.9. The molecule has 0 aromatic carbocycles. The molecule has 0 spiro atoms. The Morgan fingerprint density at radius 3 is 2.18 bits per heavy atom. The highest BCUT2D eigenvalue weighted by atomic mass is 16.6. The summed E-state index contributed by atoms with van der Waals surface area (Å²) in [7, 11) is 0. The van der Waals surface area contributed by atoms with Crippen LogP contribution in [0.3, 0.4) is 0 Å². The molecule has 2 rings (SSSR count). The normalized spacial score (nSPS) is 24.7. The van der Waals surface area contributed by atoms with E-state index < -0.39 is 5.60 Å². The van der Waals surface area contributed by atoms with Gasteiger partial charge in [0.05, 0.1) is 25.3 Å². The van der Waals surface area contributed by atoms with E-state index in [1.54, 1.807) is 0 Å². The number of rotatable bonds is 10. The van der Waals surface area contributed by atoms with Crippen molar-refractivity contribution in [2.24, 2.45) is 5.92 Å². The number of carbonyl (C=O) groups is 2. The topological polar surface area (TPSA) is 55.8 Å². The molecule has 0 radical (unpaired) electrons. The summed E-state index contributed by atoms with van der Waals surface area (Å²) >= 11 is 0. The van der Waals surface area contributed by atoms with Crippen molar-refractivity contribution in [1.29, 1.82) is 0 Å². The highest BCUT2D eigenvalue weighted by molar-refractivity contribution is 5.81. The Balaban J connectivity index is 1.74. The lowest BCUT2D eigenvalue weighted by molar-refractivity contribution is -0.132. The fraction of sp³-hybridized carbons (Fsp3) is 0.826. The van der Waals surface area contributed by atoms with Gasteiger partial charge < -0.3 is 9.47 Å². The second-order valence-electron chi connectivity index (χ2n) is 9.32. The van der Waals surface area contributed by atoms with Gasteiger partial charge in [-0.15, -0.1) is 6.58 Å². The van der Waals surface area contributed by atoms with Crippen LogP contribution in [0.25, 0.3) is 0 Å². The molecule has 2 unspecified atom stereocenters. The van der Waals surface area contributed by atoms with Gasteiger partial charge >= 0.3 is 6.09 Å². The van der Waals surface area contributed by atoms with Gasteiger partial charge in [0.2, 0.25) is 0 Å². The molecule has 1 amide bonds. The molecule has 0 aliphatic carbocycles. The first-order valence-electron chi connectivity index (χ1n) is 11.0. The molecule has 0 aromatic heterocycles. The third-order valence-corrected chi connectivity index (χ3v) is 5.66. The van der Waals surface area contributed by atoms with Gasteiger partial charge in [0, 0.05) is 12.3 Å². The van der Waals surface area contributed by atoms with Crippen LogP contribution in [0.2, 0.25) is 0 Å². The smallest absolute Gasteiger partial charge is 0.410 e. The summed E-state index contributed by atoms with van der Waals surface area (Å²) in [6, 6.07) is -0.0812. The van der Waals surface area contributed by atoms with Crippen LogP contribution in [0.1, 0.15) is 85.0 Å². The Bertz CT molecular complexity index is 511. The summed E-state index contributed by atoms with van der Waals surface area (Å²) in [5.74, 6) is 0.428. The number of hydrogen-bond donors (Lipinski definition) is 0. The van der Waals surface area contributed by atoms with Crippen molar-refractivity contribution < 1.29 is 19.1 Å². The largest absolute Gasteiger partial charge is 0.444 e. The van der Waals surface area contributed by atoms with E-state index in [0.29, 0.717) is 38.3 Å². The van der Waals surface area contributed by atoms with Gasteiger partial charge in [-0.2, -0.15) is 0 Å². The summed E-state index contributed by atoms with van der Waals surface area (Å²) < 4.78 is 11.2. The maximum atomic E-state index is 12.7. The Hall–Kier alpha value is -1.36. The molecule has 0 N–H and O–H groups in total. The highest BCUT2D eigenvalue weighted by Gasteiger charge is 2.44. The van der Waals surface area contributed by atoms with Crippen LogP contribution in [-0.2, 0) is 14.3 Å². The Morgan fingerprint density at radius 1 is 1.04 bits per heavy atom. The predicted molar refractivity (Wildman–Crippen MR) is 111 cm³/mol. The van der Waals surface area contributed by atoms with Gasteiger partial charge in [-0.05, 0) is 52.9 Å². The van der Waals surface area contributed by atoms with E-state index in [2.05, 4.69) is 6.58 Å². The number of allylic oxidation sites excluding steroid dienone is 1. The molecule has 2 bridgehead atoms. The van der Waals surface area contributed by atoms with Gasteiger partial charge in [0.1, 0.15) is 11.4 Å². The zero-order chi connectivity index (χ0) is 20.6. The standard InChI is InChI=1S/C23H39NO4/c1-5-6-7-8-9-10-11-12-13-21(25)18-14-19-16-27-17-20(15-18)24(19)22(26)28-23(2,3)4/h5,18-20H,1,6-17H2,2-4H3. The number of ether oxygens (including phenoxy) is 2. The first-order valence-corrected chi connectivity index (χ1v) is 11.0. The fourth-order valence-electron chi connectivity index (χ4n) is 4.29. The minimum absolute atomic E-state index is 0.0406. The molecule has 2 atom stereocenters. The summed E-state index contributed by atoms with van der Waals surface area (Å²) in [5, 5.41) is 0. The second kappa shape index (κ2) is 11.0. The van der Waals surface area contributed by atoms with Gasteiger partial charge in [-0.3, -0.25) is 9.69 Å². The van der Waals surface area contributed by atoms with E-state index in [1.165, 1.54) is 25.7 Å². The molecule has 2 heterocycles.